The Morgan fingerprint density at radius 3 is 2.82 bits per heavy atom. The third-order valence-corrected chi connectivity index (χ3v) is 4.19. The molecule has 2 aromatic heterocycles. The van der Waals surface area contributed by atoms with Crippen molar-refractivity contribution in [3.05, 3.63) is 50.8 Å². The van der Waals surface area contributed by atoms with Crippen LogP contribution in [0.25, 0.3) is 11.0 Å². The van der Waals surface area contributed by atoms with E-state index in [4.69, 9.17) is 23.2 Å². The Hall–Kier alpha value is -1.89. The molecule has 8 heteroatoms. The Balaban J connectivity index is 1.73. The highest BCUT2D eigenvalue weighted by atomic mass is 35.5. The van der Waals surface area contributed by atoms with Crippen LogP contribution < -0.4 is 10.9 Å². The van der Waals surface area contributed by atoms with E-state index >= 15 is 0 Å². The first-order valence-electron chi connectivity index (χ1n) is 6.32. The molecule has 0 aliphatic carbocycles. The van der Waals surface area contributed by atoms with Gasteiger partial charge >= 0.3 is 0 Å². The first-order chi connectivity index (χ1) is 10.6. The van der Waals surface area contributed by atoms with Crippen molar-refractivity contribution >= 4 is 57.3 Å². The Labute approximate surface area is 140 Å². The molecule has 0 saturated carbocycles. The number of halogens is 2. The van der Waals surface area contributed by atoms with Crippen molar-refractivity contribution in [1.29, 1.82) is 0 Å². The molecule has 112 valence electrons. The normalized spacial score (nSPS) is 10.6. The number of nitrogens with zero attached hydrogens (tertiary/aromatic N) is 2. The van der Waals surface area contributed by atoms with Crippen molar-refractivity contribution in [2.75, 3.05) is 5.43 Å². The van der Waals surface area contributed by atoms with Gasteiger partial charge in [0.2, 0.25) is 5.91 Å². The molecule has 1 aromatic carbocycles. The van der Waals surface area contributed by atoms with E-state index in [0.717, 1.165) is 4.88 Å². The number of amides is 1. The molecule has 0 saturated heterocycles. The quantitative estimate of drug-likeness (QED) is 0.702. The Morgan fingerprint density at radius 2 is 2.05 bits per heavy atom. The van der Waals surface area contributed by atoms with Crippen LogP contribution in [0.2, 0.25) is 10.2 Å². The van der Waals surface area contributed by atoms with Gasteiger partial charge in [0.25, 0.3) is 0 Å². The fourth-order valence-electron chi connectivity index (χ4n) is 1.83. The van der Waals surface area contributed by atoms with Gasteiger partial charge in [-0.3, -0.25) is 15.6 Å². The number of aromatic nitrogens is 2. The average Bonchev–Trinajstić information content (AvgIpc) is 2.98. The number of thiophene rings is 1. The second-order valence-electron chi connectivity index (χ2n) is 4.43. The standard InChI is InChI=1S/C14H10Cl2N4OS/c15-8-3-4-10-11(6-8)18-14(13(16)17-10)20-19-12(21)7-9-2-1-5-22-9/h1-6H,7H2,(H,18,20)(H,19,21). The first-order valence-corrected chi connectivity index (χ1v) is 7.95. The van der Waals surface area contributed by atoms with Crippen molar-refractivity contribution in [3.63, 3.8) is 0 Å². The number of nitrogens with one attached hydrogen (secondary N) is 2. The van der Waals surface area contributed by atoms with Crippen molar-refractivity contribution in [3.8, 4) is 0 Å². The smallest absolute Gasteiger partial charge is 0.243 e. The molecule has 2 heterocycles. The van der Waals surface area contributed by atoms with Gasteiger partial charge in [-0.2, -0.15) is 0 Å². The molecule has 3 rings (SSSR count). The SMILES string of the molecule is O=C(Cc1cccs1)NNc1nc2cc(Cl)ccc2nc1Cl. The van der Waals surface area contributed by atoms with Crippen LogP contribution in [-0.4, -0.2) is 15.9 Å². The summed E-state index contributed by atoms with van der Waals surface area (Å²) in [6.45, 7) is 0. The minimum absolute atomic E-state index is 0.172. The van der Waals surface area contributed by atoms with E-state index in [-0.39, 0.29) is 23.3 Å². The summed E-state index contributed by atoms with van der Waals surface area (Å²) in [6, 6.07) is 8.92. The Kier molecular flexibility index (Phi) is 4.42. The summed E-state index contributed by atoms with van der Waals surface area (Å²) in [7, 11) is 0. The summed E-state index contributed by atoms with van der Waals surface area (Å²) >= 11 is 13.5. The summed E-state index contributed by atoms with van der Waals surface area (Å²) in [6.07, 6.45) is 0.287. The van der Waals surface area contributed by atoms with Crippen LogP contribution in [0.15, 0.2) is 35.7 Å². The third-order valence-electron chi connectivity index (χ3n) is 2.82. The van der Waals surface area contributed by atoms with Gasteiger partial charge in [-0.15, -0.1) is 11.3 Å². The number of hydrogen-bond donors (Lipinski definition) is 2. The number of fused-ring (bicyclic) bond motifs is 1. The van der Waals surface area contributed by atoms with E-state index in [0.29, 0.717) is 16.1 Å². The van der Waals surface area contributed by atoms with E-state index in [1.54, 1.807) is 18.2 Å². The lowest BCUT2D eigenvalue weighted by Crippen LogP contribution is -2.31. The highest BCUT2D eigenvalue weighted by Crippen LogP contribution is 2.22. The molecule has 5 nitrogen and oxygen atoms in total. The summed E-state index contributed by atoms with van der Waals surface area (Å²) in [5.41, 5.74) is 6.47. The fraction of sp³-hybridized carbons (Fsp3) is 0.0714. The molecule has 2 N–H and O–H groups in total. The van der Waals surface area contributed by atoms with Gasteiger partial charge in [0, 0.05) is 9.90 Å². The van der Waals surface area contributed by atoms with E-state index in [2.05, 4.69) is 20.8 Å². The number of benzene rings is 1. The minimum Gasteiger partial charge on any atom is -0.279 e. The topological polar surface area (TPSA) is 66.9 Å². The number of carbonyl (C=O) groups excluding carboxylic acids is 1. The average molecular weight is 353 g/mol. The van der Waals surface area contributed by atoms with Crippen LogP contribution >= 0.6 is 34.5 Å². The molecule has 1 amide bonds. The number of carbonyl (C=O) groups is 1. The van der Waals surface area contributed by atoms with E-state index in [1.165, 1.54) is 11.3 Å². The maximum Gasteiger partial charge on any atom is 0.243 e. The number of rotatable bonds is 4. The maximum atomic E-state index is 11.8. The second kappa shape index (κ2) is 6.48. The molecule has 0 aliphatic heterocycles. The predicted octanol–water partition coefficient (Wildman–Crippen LogP) is 3.68. The second-order valence-corrected chi connectivity index (χ2v) is 6.25. The van der Waals surface area contributed by atoms with Crippen LogP contribution in [0.4, 0.5) is 5.82 Å². The predicted molar refractivity (Wildman–Crippen MR) is 89.3 cm³/mol. The van der Waals surface area contributed by atoms with Crippen molar-refractivity contribution in [1.82, 2.24) is 15.4 Å². The number of hydrogen-bond acceptors (Lipinski definition) is 5. The highest BCUT2D eigenvalue weighted by Gasteiger charge is 2.09. The lowest BCUT2D eigenvalue weighted by molar-refractivity contribution is -0.119. The van der Waals surface area contributed by atoms with Gasteiger partial charge in [0.05, 0.1) is 17.5 Å². The van der Waals surface area contributed by atoms with Gasteiger partial charge in [0.15, 0.2) is 11.0 Å². The zero-order chi connectivity index (χ0) is 15.5. The van der Waals surface area contributed by atoms with Crippen LogP contribution in [0, 0.1) is 0 Å². The van der Waals surface area contributed by atoms with Crippen LogP contribution in [0.3, 0.4) is 0 Å². The van der Waals surface area contributed by atoms with Crippen molar-refractivity contribution < 1.29 is 4.79 Å². The van der Waals surface area contributed by atoms with Crippen molar-refractivity contribution in [2.45, 2.75) is 6.42 Å². The fourth-order valence-corrected chi connectivity index (χ4v) is 2.88. The first kappa shape index (κ1) is 15.0. The summed E-state index contributed by atoms with van der Waals surface area (Å²) < 4.78 is 0. The van der Waals surface area contributed by atoms with Gasteiger partial charge in [-0.05, 0) is 29.6 Å². The molecule has 0 fully saturated rings. The Morgan fingerprint density at radius 1 is 1.18 bits per heavy atom. The molecule has 0 atom stereocenters. The third kappa shape index (κ3) is 3.47. The van der Waals surface area contributed by atoms with Gasteiger partial charge in [-0.25, -0.2) is 9.97 Å². The molecular formula is C14H10Cl2N4OS. The van der Waals surface area contributed by atoms with Gasteiger partial charge in [-0.1, -0.05) is 29.3 Å². The molecule has 0 spiro atoms. The van der Waals surface area contributed by atoms with E-state index < -0.39 is 0 Å². The van der Waals surface area contributed by atoms with Crippen LogP contribution in [0.1, 0.15) is 4.88 Å². The molecule has 3 aromatic rings. The number of anilines is 1. The molecular weight excluding hydrogens is 343 g/mol. The monoisotopic (exact) mass is 352 g/mol. The summed E-state index contributed by atoms with van der Waals surface area (Å²) in [4.78, 5) is 21.3. The van der Waals surface area contributed by atoms with Crippen LogP contribution in [-0.2, 0) is 11.2 Å². The Bertz CT molecular complexity index is 823. The maximum absolute atomic E-state index is 11.8. The molecule has 22 heavy (non-hydrogen) atoms. The highest BCUT2D eigenvalue weighted by molar-refractivity contribution is 7.10. The summed E-state index contributed by atoms with van der Waals surface area (Å²) in [5.74, 6) is 0.0856. The minimum atomic E-state index is -0.188. The zero-order valence-electron chi connectivity index (χ0n) is 11.1. The molecule has 0 unspecified atom stereocenters. The lowest BCUT2D eigenvalue weighted by Gasteiger charge is -2.09. The molecule has 0 bridgehead atoms. The van der Waals surface area contributed by atoms with Gasteiger partial charge < -0.3 is 0 Å². The van der Waals surface area contributed by atoms with E-state index in [1.807, 2.05) is 17.5 Å². The number of hydrazine groups is 1. The largest absolute Gasteiger partial charge is 0.279 e. The molecule has 0 aliphatic rings. The lowest BCUT2D eigenvalue weighted by atomic mass is 10.3. The van der Waals surface area contributed by atoms with E-state index in [9.17, 15) is 4.79 Å². The summed E-state index contributed by atoms with van der Waals surface area (Å²) in [5, 5.41) is 2.65. The zero-order valence-corrected chi connectivity index (χ0v) is 13.5. The van der Waals surface area contributed by atoms with Crippen molar-refractivity contribution in [2.24, 2.45) is 0 Å². The van der Waals surface area contributed by atoms with Gasteiger partial charge in [0.1, 0.15) is 0 Å². The van der Waals surface area contributed by atoms with Crippen LogP contribution in [0.5, 0.6) is 0 Å². The molecule has 0 radical (unpaired) electrons.